The van der Waals surface area contributed by atoms with Crippen molar-refractivity contribution in [1.29, 1.82) is 0 Å². The van der Waals surface area contributed by atoms with Gasteiger partial charge >= 0.3 is 6.18 Å². The van der Waals surface area contributed by atoms with E-state index in [9.17, 15) is 23.1 Å². The molecule has 0 aromatic heterocycles. The zero-order chi connectivity index (χ0) is 12.8. The predicted molar refractivity (Wildman–Crippen MR) is 52.9 cm³/mol. The van der Waals surface area contributed by atoms with Gasteiger partial charge in [-0.15, -0.1) is 0 Å². The molecule has 1 aliphatic heterocycles. The van der Waals surface area contributed by atoms with Gasteiger partial charge in [-0.3, -0.25) is 4.79 Å². The molecule has 0 saturated heterocycles. The van der Waals surface area contributed by atoms with Gasteiger partial charge in [-0.1, -0.05) is 6.42 Å². The largest absolute Gasteiger partial charge is 0.439 e. The minimum absolute atomic E-state index is 0.193. The molecule has 96 valence electrons. The molecule has 2 atom stereocenters. The first-order valence-electron chi connectivity index (χ1n) is 5.45. The van der Waals surface area contributed by atoms with E-state index in [-0.39, 0.29) is 17.1 Å². The van der Waals surface area contributed by atoms with Crippen molar-refractivity contribution in [3.63, 3.8) is 0 Å². The lowest BCUT2D eigenvalue weighted by atomic mass is 9.80. The molecule has 1 saturated carbocycles. The molecule has 1 amide bonds. The Kier molecular flexibility index (Phi) is 2.68. The normalized spacial score (nSPS) is 33.4. The van der Waals surface area contributed by atoms with Crippen LogP contribution >= 0.6 is 0 Å². The van der Waals surface area contributed by atoms with Crippen molar-refractivity contribution < 1.29 is 23.1 Å². The highest BCUT2D eigenvalue weighted by atomic mass is 19.4. The van der Waals surface area contributed by atoms with Gasteiger partial charge in [0.1, 0.15) is 0 Å². The number of fused-ring (bicyclic) bond motifs is 1. The number of aliphatic hydroxyl groups is 1. The fourth-order valence-corrected chi connectivity index (χ4v) is 2.53. The topological polar surface area (TPSA) is 52.9 Å². The van der Waals surface area contributed by atoms with Crippen LogP contribution < -0.4 is 0 Å². The zero-order valence-electron chi connectivity index (χ0n) is 9.29. The van der Waals surface area contributed by atoms with E-state index in [1.54, 1.807) is 0 Å². The van der Waals surface area contributed by atoms with E-state index in [1.165, 1.54) is 0 Å². The molecule has 17 heavy (non-hydrogen) atoms. The molecule has 0 bridgehead atoms. The lowest BCUT2D eigenvalue weighted by Gasteiger charge is -2.37. The fraction of sp³-hybridized carbons (Fsp3) is 0.800. The van der Waals surface area contributed by atoms with Gasteiger partial charge in [-0.2, -0.15) is 23.3 Å². The molecule has 0 aromatic rings. The van der Waals surface area contributed by atoms with Crippen LogP contribution in [0.3, 0.4) is 0 Å². The van der Waals surface area contributed by atoms with E-state index in [2.05, 4.69) is 5.10 Å². The summed E-state index contributed by atoms with van der Waals surface area (Å²) in [6.45, 7) is 0.970. The number of hydrogen-bond acceptors (Lipinski definition) is 3. The van der Waals surface area contributed by atoms with Crippen molar-refractivity contribution in [3.05, 3.63) is 0 Å². The molecule has 0 unspecified atom stereocenters. The molecule has 1 aliphatic carbocycles. The Morgan fingerprint density at radius 2 is 2.18 bits per heavy atom. The fourth-order valence-electron chi connectivity index (χ4n) is 2.53. The summed E-state index contributed by atoms with van der Waals surface area (Å²) in [5.74, 6) is -2.01. The molecule has 0 spiro atoms. The molecular formula is C10H13F3N2O2. The third-order valence-corrected chi connectivity index (χ3v) is 3.33. The average molecular weight is 250 g/mol. The lowest BCUT2D eigenvalue weighted by Crippen LogP contribution is -2.61. The Morgan fingerprint density at radius 3 is 2.71 bits per heavy atom. The van der Waals surface area contributed by atoms with Gasteiger partial charge in [-0.05, 0) is 19.3 Å². The number of nitrogens with zero attached hydrogens (tertiary/aromatic N) is 2. The molecule has 0 radical (unpaired) electrons. The highest BCUT2D eigenvalue weighted by Gasteiger charge is 2.67. The third kappa shape index (κ3) is 1.64. The van der Waals surface area contributed by atoms with Crippen molar-refractivity contribution in [3.8, 4) is 0 Å². The van der Waals surface area contributed by atoms with Crippen LogP contribution in [0.5, 0.6) is 0 Å². The molecule has 1 N–H and O–H groups in total. The van der Waals surface area contributed by atoms with E-state index >= 15 is 0 Å². The van der Waals surface area contributed by atoms with Crippen molar-refractivity contribution >= 4 is 11.6 Å². The van der Waals surface area contributed by atoms with Crippen LogP contribution in [0.1, 0.15) is 32.6 Å². The monoisotopic (exact) mass is 250 g/mol. The summed E-state index contributed by atoms with van der Waals surface area (Å²) in [5.41, 5.74) is -2.87. The number of halogens is 3. The van der Waals surface area contributed by atoms with Crippen molar-refractivity contribution in [2.24, 2.45) is 11.0 Å². The van der Waals surface area contributed by atoms with Gasteiger partial charge in [-0.25, -0.2) is 0 Å². The number of carbonyl (C=O) groups excluding carboxylic acids is 1. The number of rotatable bonds is 0. The second-order valence-corrected chi connectivity index (χ2v) is 4.44. The summed E-state index contributed by atoms with van der Waals surface area (Å²) in [6.07, 6.45) is -2.93. The molecule has 2 rings (SSSR count). The molecule has 1 heterocycles. The van der Waals surface area contributed by atoms with Gasteiger partial charge in [0, 0.05) is 12.6 Å². The Hall–Kier alpha value is -1.11. The van der Waals surface area contributed by atoms with E-state index in [0.717, 1.165) is 13.3 Å². The number of amides is 1. The van der Waals surface area contributed by atoms with Crippen molar-refractivity contribution in [1.82, 2.24) is 5.01 Å². The van der Waals surface area contributed by atoms with E-state index in [1.807, 2.05) is 0 Å². The van der Waals surface area contributed by atoms with Gasteiger partial charge in [0.25, 0.3) is 5.72 Å². The van der Waals surface area contributed by atoms with Crippen LogP contribution in [0.4, 0.5) is 13.2 Å². The van der Waals surface area contributed by atoms with Gasteiger partial charge in [0.2, 0.25) is 5.91 Å². The van der Waals surface area contributed by atoms with Gasteiger partial charge < -0.3 is 5.11 Å². The first kappa shape index (κ1) is 12.3. The van der Waals surface area contributed by atoms with Crippen LogP contribution in [0.2, 0.25) is 0 Å². The molecular weight excluding hydrogens is 237 g/mol. The minimum Gasteiger partial charge on any atom is -0.362 e. The van der Waals surface area contributed by atoms with Crippen LogP contribution in [0.15, 0.2) is 5.10 Å². The summed E-state index contributed by atoms with van der Waals surface area (Å²) in [5, 5.41) is 13.8. The SMILES string of the molecule is CC(=O)N1N=C2CCCC[C@@H]2[C@]1(O)C(F)(F)F. The van der Waals surface area contributed by atoms with Gasteiger partial charge in [0.05, 0.1) is 5.92 Å². The van der Waals surface area contributed by atoms with Crippen LogP contribution in [0, 0.1) is 5.92 Å². The standard InChI is InChI=1S/C10H13F3N2O2/c1-6(16)15-9(17,10(11,12)13)7-4-2-3-5-8(7)14-15/h7,17H,2-5H2,1H3/t7-,9-/m0/s1. The molecule has 4 nitrogen and oxygen atoms in total. The zero-order valence-corrected chi connectivity index (χ0v) is 9.29. The van der Waals surface area contributed by atoms with E-state index < -0.39 is 23.7 Å². The minimum atomic E-state index is -4.90. The highest BCUT2D eigenvalue weighted by molar-refractivity contribution is 5.92. The number of alkyl halides is 3. The Labute approximate surface area is 96.1 Å². The average Bonchev–Trinajstić information content (AvgIpc) is 2.54. The summed E-state index contributed by atoms with van der Waals surface area (Å²) in [4.78, 5) is 11.2. The Balaban J connectivity index is 2.45. The third-order valence-electron chi connectivity index (χ3n) is 3.33. The lowest BCUT2D eigenvalue weighted by molar-refractivity contribution is -0.316. The predicted octanol–water partition coefficient (Wildman–Crippen LogP) is 1.65. The summed E-state index contributed by atoms with van der Waals surface area (Å²) >= 11 is 0. The Bertz CT molecular complexity index is 380. The summed E-state index contributed by atoms with van der Waals surface area (Å²) in [7, 11) is 0. The van der Waals surface area contributed by atoms with E-state index in [4.69, 9.17) is 0 Å². The van der Waals surface area contributed by atoms with Crippen LogP contribution in [0.25, 0.3) is 0 Å². The maximum atomic E-state index is 13.0. The maximum absolute atomic E-state index is 13.0. The number of hydrazone groups is 1. The second-order valence-electron chi connectivity index (χ2n) is 4.44. The van der Waals surface area contributed by atoms with Crippen LogP contribution in [-0.4, -0.2) is 33.6 Å². The van der Waals surface area contributed by atoms with Gasteiger partial charge in [0.15, 0.2) is 0 Å². The number of hydrogen-bond donors (Lipinski definition) is 1. The Morgan fingerprint density at radius 1 is 1.53 bits per heavy atom. The number of carbonyl (C=O) groups is 1. The summed E-state index contributed by atoms with van der Waals surface area (Å²) < 4.78 is 39.0. The maximum Gasteiger partial charge on any atom is 0.439 e. The smallest absolute Gasteiger partial charge is 0.362 e. The van der Waals surface area contributed by atoms with Crippen molar-refractivity contribution in [2.45, 2.75) is 44.5 Å². The van der Waals surface area contributed by atoms with Crippen molar-refractivity contribution in [2.75, 3.05) is 0 Å². The molecule has 7 heteroatoms. The van der Waals surface area contributed by atoms with E-state index in [0.29, 0.717) is 12.8 Å². The molecule has 0 aromatic carbocycles. The summed E-state index contributed by atoms with van der Waals surface area (Å²) in [6, 6.07) is 0. The first-order chi connectivity index (χ1) is 7.78. The molecule has 2 aliphatic rings. The molecule has 1 fully saturated rings. The second kappa shape index (κ2) is 3.69. The highest BCUT2D eigenvalue weighted by Crippen LogP contribution is 2.47. The quantitative estimate of drug-likeness (QED) is 0.710. The first-order valence-corrected chi connectivity index (χ1v) is 5.45. The van der Waals surface area contributed by atoms with Crippen LogP contribution in [-0.2, 0) is 4.79 Å².